The summed E-state index contributed by atoms with van der Waals surface area (Å²) in [5.41, 5.74) is 0.315. The highest BCUT2D eigenvalue weighted by Crippen LogP contribution is 2.15. The summed E-state index contributed by atoms with van der Waals surface area (Å²) in [5, 5.41) is 18.5. The summed E-state index contributed by atoms with van der Waals surface area (Å²) in [6.45, 7) is 0. The van der Waals surface area contributed by atoms with Gasteiger partial charge in [-0.2, -0.15) is 0 Å². The molecule has 1 aromatic rings. The van der Waals surface area contributed by atoms with E-state index in [1.807, 2.05) is 0 Å². The molecule has 84 valence electrons. The smallest absolute Gasteiger partial charge is 0.378 e. The highest BCUT2D eigenvalue weighted by atomic mass is 16.5. The molecule has 0 fully saturated rings. The summed E-state index contributed by atoms with van der Waals surface area (Å²) in [7, 11) is 1.08. The molecule has 5 heteroatoms. The van der Waals surface area contributed by atoms with Crippen LogP contribution >= 0.6 is 0 Å². The van der Waals surface area contributed by atoms with Gasteiger partial charge in [0.15, 0.2) is 0 Å². The minimum absolute atomic E-state index is 0.0378. The number of methoxy groups -OCH3 is 1. The predicted octanol–water partition coefficient (Wildman–Crippen LogP) is 1.03. The number of ketones is 1. The van der Waals surface area contributed by atoms with Crippen LogP contribution < -0.4 is 0 Å². The minimum Gasteiger partial charge on any atom is -0.508 e. The Morgan fingerprint density at radius 3 is 2.31 bits per heavy atom. The molecule has 0 atom stereocenters. The molecule has 2 N–H and O–H groups in total. The van der Waals surface area contributed by atoms with Crippen molar-refractivity contribution in [1.82, 2.24) is 0 Å². The summed E-state index contributed by atoms with van der Waals surface area (Å²) < 4.78 is 4.18. The molecule has 0 amide bonds. The van der Waals surface area contributed by atoms with Gasteiger partial charge in [-0.1, -0.05) is 0 Å². The lowest BCUT2D eigenvalue weighted by molar-refractivity contribution is -0.149. The number of rotatable bonds is 3. The first kappa shape index (κ1) is 11.8. The van der Waals surface area contributed by atoms with E-state index in [9.17, 15) is 14.7 Å². The van der Waals surface area contributed by atoms with Gasteiger partial charge in [0.1, 0.15) is 11.5 Å². The third-order valence-corrected chi connectivity index (χ3v) is 1.82. The van der Waals surface area contributed by atoms with Crippen molar-refractivity contribution >= 4 is 17.5 Å². The number of benzene rings is 1. The second kappa shape index (κ2) is 4.97. The van der Waals surface area contributed by atoms with Gasteiger partial charge in [0.25, 0.3) is 5.78 Å². The van der Waals surface area contributed by atoms with E-state index in [1.165, 1.54) is 24.3 Å². The van der Waals surface area contributed by atoms with E-state index in [-0.39, 0.29) is 11.5 Å². The number of aliphatic hydroxyl groups excluding tert-OH is 1. The van der Waals surface area contributed by atoms with Crippen LogP contribution in [0.2, 0.25) is 0 Å². The molecular formula is C11H10O5. The summed E-state index contributed by atoms with van der Waals surface area (Å²) in [4.78, 5) is 21.8. The van der Waals surface area contributed by atoms with E-state index in [0.717, 1.165) is 13.2 Å². The van der Waals surface area contributed by atoms with Crippen LogP contribution in [0.5, 0.6) is 5.75 Å². The van der Waals surface area contributed by atoms with E-state index in [4.69, 9.17) is 5.11 Å². The Morgan fingerprint density at radius 1 is 1.25 bits per heavy atom. The van der Waals surface area contributed by atoms with E-state index in [2.05, 4.69) is 4.74 Å². The molecule has 0 unspecified atom stereocenters. The normalized spacial score (nSPS) is 10.9. The van der Waals surface area contributed by atoms with Gasteiger partial charge in [0.2, 0.25) is 0 Å². The lowest BCUT2D eigenvalue weighted by Crippen LogP contribution is -2.13. The largest absolute Gasteiger partial charge is 0.508 e. The van der Waals surface area contributed by atoms with Crippen LogP contribution in [0.1, 0.15) is 5.56 Å². The van der Waals surface area contributed by atoms with Crippen LogP contribution in [0, 0.1) is 0 Å². The van der Waals surface area contributed by atoms with Gasteiger partial charge in [-0.15, -0.1) is 0 Å². The molecule has 0 radical (unpaired) electrons. The molecule has 0 aliphatic rings. The predicted molar refractivity (Wildman–Crippen MR) is 55.7 cm³/mol. The van der Waals surface area contributed by atoms with Crippen LogP contribution in [-0.4, -0.2) is 29.1 Å². The SMILES string of the molecule is COC(=O)C(=O)C=C(O)c1ccc(O)cc1. The fraction of sp³-hybridized carbons (Fsp3) is 0.0909. The van der Waals surface area contributed by atoms with Gasteiger partial charge in [-0.3, -0.25) is 4.79 Å². The van der Waals surface area contributed by atoms with Crippen LogP contribution in [-0.2, 0) is 14.3 Å². The minimum atomic E-state index is -1.05. The Balaban J connectivity index is 2.89. The van der Waals surface area contributed by atoms with Crippen LogP contribution in [0.15, 0.2) is 30.3 Å². The highest BCUT2D eigenvalue weighted by Gasteiger charge is 2.12. The maximum absolute atomic E-state index is 11.1. The van der Waals surface area contributed by atoms with Gasteiger partial charge < -0.3 is 14.9 Å². The van der Waals surface area contributed by atoms with Crippen LogP contribution in [0.3, 0.4) is 0 Å². The summed E-state index contributed by atoms with van der Waals surface area (Å²) in [6, 6.07) is 5.52. The van der Waals surface area contributed by atoms with Crippen molar-refractivity contribution in [3.05, 3.63) is 35.9 Å². The maximum atomic E-state index is 11.1. The Labute approximate surface area is 91.6 Å². The van der Waals surface area contributed by atoms with Crippen molar-refractivity contribution in [3.8, 4) is 5.75 Å². The number of hydrogen-bond acceptors (Lipinski definition) is 5. The topological polar surface area (TPSA) is 83.8 Å². The van der Waals surface area contributed by atoms with Crippen molar-refractivity contribution in [2.45, 2.75) is 0 Å². The first-order valence-corrected chi connectivity index (χ1v) is 4.37. The molecule has 5 nitrogen and oxygen atoms in total. The average molecular weight is 222 g/mol. The number of hydrogen-bond donors (Lipinski definition) is 2. The lowest BCUT2D eigenvalue weighted by atomic mass is 10.1. The fourth-order valence-electron chi connectivity index (χ4n) is 0.999. The third kappa shape index (κ3) is 2.84. The molecule has 0 aliphatic carbocycles. The summed E-state index contributed by atoms with van der Waals surface area (Å²) in [5.74, 6) is -2.33. The molecule has 0 bridgehead atoms. The molecule has 0 saturated carbocycles. The maximum Gasteiger partial charge on any atom is 0.378 e. The average Bonchev–Trinajstić information content (AvgIpc) is 2.28. The summed E-state index contributed by atoms with van der Waals surface area (Å²) in [6.07, 6.45) is 0.762. The van der Waals surface area contributed by atoms with E-state index >= 15 is 0 Å². The number of phenolic OH excluding ortho intramolecular Hbond substituents is 1. The number of esters is 1. The van der Waals surface area contributed by atoms with Crippen molar-refractivity contribution < 1.29 is 24.5 Å². The van der Waals surface area contributed by atoms with Gasteiger partial charge in [0.05, 0.1) is 7.11 Å². The quantitative estimate of drug-likeness (QED) is 0.345. The van der Waals surface area contributed by atoms with E-state index in [1.54, 1.807) is 0 Å². The third-order valence-electron chi connectivity index (χ3n) is 1.82. The number of carbonyl (C=O) groups is 2. The lowest BCUT2D eigenvalue weighted by Gasteiger charge is -1.99. The molecule has 16 heavy (non-hydrogen) atoms. The molecule has 1 aromatic carbocycles. The molecular weight excluding hydrogens is 212 g/mol. The van der Waals surface area contributed by atoms with Gasteiger partial charge in [-0.05, 0) is 24.3 Å². The van der Waals surface area contributed by atoms with Gasteiger partial charge >= 0.3 is 5.97 Å². The van der Waals surface area contributed by atoms with Crippen molar-refractivity contribution in [2.24, 2.45) is 0 Å². The molecule has 0 aliphatic heterocycles. The van der Waals surface area contributed by atoms with Crippen LogP contribution in [0.4, 0.5) is 0 Å². The summed E-state index contributed by atoms with van der Waals surface area (Å²) >= 11 is 0. The second-order valence-electron chi connectivity index (χ2n) is 2.93. The molecule has 0 saturated heterocycles. The van der Waals surface area contributed by atoms with Crippen molar-refractivity contribution in [2.75, 3.05) is 7.11 Å². The van der Waals surface area contributed by atoms with E-state index < -0.39 is 11.8 Å². The number of phenols is 1. The number of aliphatic hydroxyl groups is 1. The second-order valence-corrected chi connectivity index (χ2v) is 2.93. The highest BCUT2D eigenvalue weighted by molar-refractivity contribution is 6.39. The Bertz CT molecular complexity index is 430. The Kier molecular flexibility index (Phi) is 3.66. The molecule has 1 rings (SSSR count). The zero-order chi connectivity index (χ0) is 12.1. The monoisotopic (exact) mass is 222 g/mol. The first-order chi connectivity index (χ1) is 7.54. The van der Waals surface area contributed by atoms with Crippen LogP contribution in [0.25, 0.3) is 5.76 Å². The number of ether oxygens (including phenoxy) is 1. The number of aromatic hydroxyl groups is 1. The standard InChI is InChI=1S/C11H10O5/c1-16-11(15)10(14)6-9(13)7-2-4-8(12)5-3-7/h2-6,12-13H,1H3. The van der Waals surface area contributed by atoms with E-state index in [0.29, 0.717) is 5.56 Å². The molecule has 0 aromatic heterocycles. The molecule has 0 spiro atoms. The Morgan fingerprint density at radius 2 is 1.81 bits per heavy atom. The van der Waals surface area contributed by atoms with Gasteiger partial charge in [-0.25, -0.2) is 4.79 Å². The Hall–Kier alpha value is -2.30. The fourth-order valence-corrected chi connectivity index (χ4v) is 0.999. The van der Waals surface area contributed by atoms with Crippen molar-refractivity contribution in [1.29, 1.82) is 0 Å². The van der Waals surface area contributed by atoms with Crippen molar-refractivity contribution in [3.63, 3.8) is 0 Å². The zero-order valence-electron chi connectivity index (χ0n) is 8.51. The number of carbonyl (C=O) groups excluding carboxylic acids is 2. The first-order valence-electron chi connectivity index (χ1n) is 4.37. The molecule has 0 heterocycles. The van der Waals surface area contributed by atoms with Gasteiger partial charge in [0, 0.05) is 11.6 Å². The zero-order valence-corrected chi connectivity index (χ0v) is 8.51.